The van der Waals surface area contributed by atoms with Crippen molar-refractivity contribution in [2.24, 2.45) is 10.8 Å². The van der Waals surface area contributed by atoms with Gasteiger partial charge in [-0.2, -0.15) is 0 Å². The minimum atomic E-state index is 0.243. The lowest BCUT2D eigenvalue weighted by atomic mass is 9.96. The summed E-state index contributed by atoms with van der Waals surface area (Å²) in [5.74, 6) is 0. The van der Waals surface area contributed by atoms with Crippen LogP contribution in [0.1, 0.15) is 41.5 Å². The van der Waals surface area contributed by atoms with Gasteiger partial charge >= 0.3 is 0 Å². The van der Waals surface area contributed by atoms with Crippen molar-refractivity contribution in [1.82, 2.24) is 4.90 Å². The highest BCUT2D eigenvalue weighted by Crippen LogP contribution is 2.15. The van der Waals surface area contributed by atoms with E-state index in [9.17, 15) is 0 Å². The summed E-state index contributed by atoms with van der Waals surface area (Å²) in [6.07, 6.45) is 0. The first kappa shape index (κ1) is 23.8. The number of rotatable bonds is 8. The topological polar surface area (TPSA) is 40.2 Å². The van der Waals surface area contributed by atoms with Crippen molar-refractivity contribution in [3.05, 3.63) is 0 Å². The molecule has 0 aromatic carbocycles. The van der Waals surface area contributed by atoms with Crippen molar-refractivity contribution in [2.45, 2.75) is 41.5 Å². The molecule has 146 valence electrons. The van der Waals surface area contributed by atoms with E-state index in [0.717, 1.165) is 32.9 Å². The van der Waals surface area contributed by atoms with Crippen molar-refractivity contribution in [3.63, 3.8) is 0 Å². The van der Waals surface area contributed by atoms with Crippen LogP contribution in [0.3, 0.4) is 0 Å². The number of methoxy groups -OCH3 is 1. The molecule has 0 bridgehead atoms. The molecule has 0 N–H and O–H groups in total. The molecule has 0 atom stereocenters. The Kier molecular flexibility index (Phi) is 13.0. The fourth-order valence-electron chi connectivity index (χ4n) is 2.17. The first-order chi connectivity index (χ1) is 11.1. The summed E-state index contributed by atoms with van der Waals surface area (Å²) in [6, 6.07) is 0. The third-order valence-corrected chi connectivity index (χ3v) is 3.14. The standard InChI is InChI=1S/C10H22O3.C9H19NO/c1-10(2,3)9-13-8-7-12-6-5-11-4;1-9(2,3)8-10-4-6-11-7-5-10/h5-9H2,1-4H3;4-8H2,1-3H3. The van der Waals surface area contributed by atoms with E-state index in [2.05, 4.69) is 46.4 Å². The molecule has 0 aliphatic carbocycles. The highest BCUT2D eigenvalue weighted by atomic mass is 16.5. The molecule has 0 aromatic heterocycles. The van der Waals surface area contributed by atoms with Crippen molar-refractivity contribution in [3.8, 4) is 0 Å². The Hall–Kier alpha value is -0.200. The molecule has 1 saturated heterocycles. The Morgan fingerprint density at radius 3 is 1.83 bits per heavy atom. The quantitative estimate of drug-likeness (QED) is 0.631. The van der Waals surface area contributed by atoms with Gasteiger partial charge in [-0.15, -0.1) is 0 Å². The van der Waals surface area contributed by atoms with Crippen LogP contribution in [0.4, 0.5) is 0 Å². The van der Waals surface area contributed by atoms with Gasteiger partial charge in [-0.05, 0) is 10.8 Å². The normalized spacial score (nSPS) is 16.6. The van der Waals surface area contributed by atoms with Gasteiger partial charge < -0.3 is 18.9 Å². The highest BCUT2D eigenvalue weighted by molar-refractivity contribution is 4.70. The molecular weight excluding hydrogens is 306 g/mol. The number of morpholine rings is 1. The van der Waals surface area contributed by atoms with Crippen LogP contribution in [-0.4, -0.2) is 77.9 Å². The zero-order valence-electron chi connectivity index (χ0n) is 17.2. The van der Waals surface area contributed by atoms with Crippen LogP contribution in [0, 0.1) is 10.8 Å². The lowest BCUT2D eigenvalue weighted by molar-refractivity contribution is 0.00574. The van der Waals surface area contributed by atoms with Gasteiger partial charge in [0.25, 0.3) is 0 Å². The fourth-order valence-corrected chi connectivity index (χ4v) is 2.17. The van der Waals surface area contributed by atoms with Gasteiger partial charge in [0.05, 0.1) is 46.2 Å². The molecule has 0 aromatic rings. The van der Waals surface area contributed by atoms with E-state index < -0.39 is 0 Å². The summed E-state index contributed by atoms with van der Waals surface area (Å²) in [7, 11) is 1.67. The maximum absolute atomic E-state index is 5.41. The van der Waals surface area contributed by atoms with Crippen LogP contribution in [0.2, 0.25) is 0 Å². The van der Waals surface area contributed by atoms with Gasteiger partial charge in [-0.1, -0.05) is 41.5 Å². The number of hydrogen-bond donors (Lipinski definition) is 0. The molecular formula is C19H41NO4. The maximum atomic E-state index is 5.41. The van der Waals surface area contributed by atoms with E-state index in [-0.39, 0.29) is 5.41 Å². The molecule has 1 heterocycles. The van der Waals surface area contributed by atoms with Gasteiger partial charge in [0.2, 0.25) is 0 Å². The molecule has 1 rings (SSSR count). The minimum Gasteiger partial charge on any atom is -0.382 e. The van der Waals surface area contributed by atoms with Gasteiger partial charge in [0.1, 0.15) is 0 Å². The third-order valence-electron chi connectivity index (χ3n) is 3.14. The summed E-state index contributed by atoms with van der Waals surface area (Å²) in [6.45, 7) is 21.9. The number of ether oxygens (including phenoxy) is 4. The average Bonchev–Trinajstić information content (AvgIpc) is 2.45. The van der Waals surface area contributed by atoms with E-state index >= 15 is 0 Å². The molecule has 0 radical (unpaired) electrons. The fraction of sp³-hybridized carbons (Fsp3) is 1.00. The average molecular weight is 348 g/mol. The number of hydrogen-bond acceptors (Lipinski definition) is 5. The molecule has 5 nitrogen and oxygen atoms in total. The highest BCUT2D eigenvalue weighted by Gasteiger charge is 2.17. The number of nitrogens with zero attached hydrogens (tertiary/aromatic N) is 1. The van der Waals surface area contributed by atoms with Gasteiger partial charge in [-0.3, -0.25) is 4.90 Å². The molecule has 1 aliphatic heterocycles. The Balaban J connectivity index is 0.000000446. The molecule has 0 saturated carbocycles. The van der Waals surface area contributed by atoms with Crippen molar-refractivity contribution >= 4 is 0 Å². The Morgan fingerprint density at radius 2 is 1.33 bits per heavy atom. The zero-order valence-corrected chi connectivity index (χ0v) is 17.2. The van der Waals surface area contributed by atoms with Crippen molar-refractivity contribution < 1.29 is 18.9 Å². The van der Waals surface area contributed by atoms with Crippen LogP contribution < -0.4 is 0 Å². The maximum Gasteiger partial charge on any atom is 0.0701 e. The monoisotopic (exact) mass is 347 g/mol. The smallest absolute Gasteiger partial charge is 0.0701 e. The molecule has 5 heteroatoms. The second-order valence-electron chi connectivity index (χ2n) is 8.67. The lowest BCUT2D eigenvalue weighted by Gasteiger charge is -2.32. The van der Waals surface area contributed by atoms with Crippen LogP contribution >= 0.6 is 0 Å². The minimum absolute atomic E-state index is 0.243. The molecule has 1 aliphatic rings. The van der Waals surface area contributed by atoms with Crippen LogP contribution in [0.25, 0.3) is 0 Å². The Bertz CT molecular complexity index is 278. The first-order valence-electron chi connectivity index (χ1n) is 9.08. The Morgan fingerprint density at radius 1 is 0.792 bits per heavy atom. The van der Waals surface area contributed by atoms with E-state index in [0.29, 0.717) is 31.8 Å². The largest absolute Gasteiger partial charge is 0.382 e. The molecule has 0 spiro atoms. The summed E-state index contributed by atoms with van der Waals surface area (Å²) in [5.41, 5.74) is 0.671. The first-order valence-corrected chi connectivity index (χ1v) is 9.08. The molecule has 0 amide bonds. The van der Waals surface area contributed by atoms with Crippen LogP contribution in [0.15, 0.2) is 0 Å². The van der Waals surface area contributed by atoms with E-state index in [4.69, 9.17) is 18.9 Å². The van der Waals surface area contributed by atoms with Gasteiger partial charge in [-0.25, -0.2) is 0 Å². The van der Waals surface area contributed by atoms with Gasteiger partial charge in [0.15, 0.2) is 0 Å². The zero-order chi connectivity index (χ0) is 18.5. The van der Waals surface area contributed by atoms with Crippen molar-refractivity contribution in [1.29, 1.82) is 0 Å². The second kappa shape index (κ2) is 13.1. The summed E-state index contributed by atoms with van der Waals surface area (Å²) in [4.78, 5) is 2.48. The third kappa shape index (κ3) is 18.1. The second-order valence-corrected chi connectivity index (χ2v) is 8.67. The lowest BCUT2D eigenvalue weighted by Crippen LogP contribution is -2.41. The Labute approximate surface area is 150 Å². The molecule has 0 unspecified atom stereocenters. The summed E-state index contributed by atoms with van der Waals surface area (Å²) < 4.78 is 20.8. The predicted molar refractivity (Wildman–Crippen MR) is 99.7 cm³/mol. The van der Waals surface area contributed by atoms with E-state index in [1.807, 2.05) is 0 Å². The molecule has 1 fully saturated rings. The molecule has 24 heavy (non-hydrogen) atoms. The van der Waals surface area contributed by atoms with Crippen LogP contribution in [0.5, 0.6) is 0 Å². The van der Waals surface area contributed by atoms with Crippen LogP contribution in [-0.2, 0) is 18.9 Å². The SMILES string of the molecule is CC(C)(C)CN1CCOCC1.COCCOCCOCC(C)(C)C. The predicted octanol–water partition coefficient (Wildman–Crippen LogP) is 3.08. The van der Waals surface area contributed by atoms with E-state index in [1.165, 1.54) is 6.54 Å². The summed E-state index contributed by atoms with van der Waals surface area (Å²) >= 11 is 0. The van der Waals surface area contributed by atoms with Crippen molar-refractivity contribution in [2.75, 3.05) is 73.0 Å². The van der Waals surface area contributed by atoms with E-state index in [1.54, 1.807) is 7.11 Å². The van der Waals surface area contributed by atoms with Gasteiger partial charge in [0, 0.05) is 26.7 Å². The summed E-state index contributed by atoms with van der Waals surface area (Å²) in [5, 5.41) is 0.